The molecule has 0 saturated heterocycles. The summed E-state index contributed by atoms with van der Waals surface area (Å²) in [6, 6.07) is 0. The predicted molar refractivity (Wildman–Crippen MR) is 101 cm³/mol. The standard InChI is InChI=1S/C12H28O16P4/c1-5-23-7-9(25-29(3,13)14)10(26-30(4,15)16)8(24-6-2)12(28-32(20,21)22)11(7)27-31(17,18)19/h7-12H,5-6H2,1-4H3,(H,13,14)(H,15,16)(H2,17,18,19)(H2,20,21,22)/p-2/t7-,8+,9-,10-,11+,12+/m0/s1. The van der Waals surface area contributed by atoms with Crippen molar-refractivity contribution in [1.82, 2.24) is 0 Å². The van der Waals surface area contributed by atoms with E-state index in [2.05, 4.69) is 9.05 Å². The molecular weight excluding hydrogens is 524 g/mol. The van der Waals surface area contributed by atoms with E-state index in [9.17, 15) is 47.6 Å². The molecule has 0 aliphatic heterocycles. The third kappa shape index (κ3) is 10.4. The molecule has 4 N–H and O–H groups in total. The smallest absolute Gasteiger partial charge is 0.325 e. The number of phosphoric ester groups is 2. The van der Waals surface area contributed by atoms with Crippen LogP contribution in [-0.4, -0.2) is 82.7 Å². The number of rotatable bonds is 12. The Morgan fingerprint density at radius 3 is 1.03 bits per heavy atom. The lowest BCUT2D eigenvalue weighted by molar-refractivity contribution is -0.275. The topological polar surface area (TPSA) is 251 Å². The van der Waals surface area contributed by atoms with Gasteiger partial charge in [-0.1, -0.05) is 0 Å². The van der Waals surface area contributed by atoms with Crippen LogP contribution in [0, 0.1) is 0 Å². The highest BCUT2D eigenvalue weighted by Gasteiger charge is 2.58. The zero-order chi connectivity index (χ0) is 25.1. The van der Waals surface area contributed by atoms with Crippen molar-refractivity contribution in [2.75, 3.05) is 26.5 Å². The van der Waals surface area contributed by atoms with Crippen molar-refractivity contribution in [3.05, 3.63) is 0 Å². The van der Waals surface area contributed by atoms with Crippen molar-refractivity contribution in [2.45, 2.75) is 50.5 Å². The van der Waals surface area contributed by atoms with Crippen LogP contribution < -0.4 is 9.79 Å². The molecule has 0 heterocycles. The molecule has 4 unspecified atom stereocenters. The van der Waals surface area contributed by atoms with E-state index in [-0.39, 0.29) is 13.2 Å². The van der Waals surface area contributed by atoms with Crippen LogP contribution in [0.1, 0.15) is 13.8 Å². The lowest BCUT2D eigenvalue weighted by Gasteiger charge is -2.50. The molecule has 0 aromatic carbocycles. The van der Waals surface area contributed by atoms with Gasteiger partial charge in [0, 0.05) is 26.5 Å². The number of phosphoric acid groups is 2. The first-order valence-corrected chi connectivity index (χ1v) is 16.0. The first kappa shape index (κ1) is 30.5. The van der Waals surface area contributed by atoms with Crippen LogP contribution in [0.4, 0.5) is 0 Å². The molecule has 0 amide bonds. The Kier molecular flexibility index (Phi) is 10.9. The van der Waals surface area contributed by atoms with Gasteiger partial charge in [-0.05, 0) is 13.8 Å². The van der Waals surface area contributed by atoms with Gasteiger partial charge in [0.25, 0.3) is 15.6 Å². The molecule has 1 rings (SSSR count). The molecule has 0 aromatic rings. The van der Waals surface area contributed by atoms with Crippen LogP contribution in [0.3, 0.4) is 0 Å². The van der Waals surface area contributed by atoms with Crippen molar-refractivity contribution < 1.29 is 75.2 Å². The summed E-state index contributed by atoms with van der Waals surface area (Å²) in [6.07, 6.45) is -11.8. The Hall–Kier alpha value is 0.440. The molecule has 1 saturated carbocycles. The van der Waals surface area contributed by atoms with E-state index < -0.39 is 67.5 Å². The molecule has 1 aliphatic rings. The summed E-state index contributed by atoms with van der Waals surface area (Å²) in [7, 11) is -20.2. The summed E-state index contributed by atoms with van der Waals surface area (Å²) in [4.78, 5) is 60.8. The van der Waals surface area contributed by atoms with E-state index in [4.69, 9.17) is 18.5 Å². The molecule has 10 atom stereocenters. The van der Waals surface area contributed by atoms with Crippen molar-refractivity contribution in [3.8, 4) is 0 Å². The quantitative estimate of drug-likeness (QED) is 0.210. The number of ether oxygens (including phenoxy) is 2. The molecule has 0 radical (unpaired) electrons. The average Bonchev–Trinajstić information content (AvgIpc) is 2.53. The fraction of sp³-hybridized carbons (Fsp3) is 1.00. The monoisotopic (exact) mass is 550 g/mol. The highest BCUT2D eigenvalue weighted by molar-refractivity contribution is 7.52. The average molecular weight is 550 g/mol. The Morgan fingerprint density at radius 2 is 0.844 bits per heavy atom. The van der Waals surface area contributed by atoms with Gasteiger partial charge in [-0.3, -0.25) is 27.3 Å². The molecule has 1 aliphatic carbocycles. The van der Waals surface area contributed by atoms with E-state index in [1.165, 1.54) is 13.8 Å². The zero-order valence-corrected chi connectivity index (χ0v) is 20.9. The molecular formula is C12H26O16P4-2. The molecule has 32 heavy (non-hydrogen) atoms. The van der Waals surface area contributed by atoms with Gasteiger partial charge in [0.1, 0.15) is 36.6 Å². The van der Waals surface area contributed by atoms with E-state index in [1.807, 2.05) is 0 Å². The number of hydrogen-bond donors (Lipinski definition) is 4. The maximum absolute atomic E-state index is 12.0. The highest BCUT2D eigenvalue weighted by atomic mass is 31.2. The third-order valence-corrected chi connectivity index (χ3v) is 6.09. The second-order valence-electron chi connectivity index (χ2n) is 6.66. The SMILES string of the molecule is CCO[C@@H]1[C@H](OP(C)(=O)O)[C@@H](OP(C)(=O)O)[C@H](OCC)[C@@H](OP(=O)([O-])O)[C@@H]1OP(=O)([O-])O. The fourth-order valence-electron chi connectivity index (χ4n) is 3.13. The minimum atomic E-state index is -5.65. The van der Waals surface area contributed by atoms with Crippen LogP contribution in [0.5, 0.6) is 0 Å². The Balaban J connectivity index is 3.76. The number of hydrogen-bond acceptors (Lipinski definition) is 12. The van der Waals surface area contributed by atoms with Gasteiger partial charge in [-0.15, -0.1) is 0 Å². The molecule has 16 nitrogen and oxygen atoms in total. The maximum Gasteiger partial charge on any atom is 0.325 e. The van der Waals surface area contributed by atoms with Gasteiger partial charge in [0.05, 0.1) is 0 Å². The first-order chi connectivity index (χ1) is 14.3. The Morgan fingerprint density at radius 1 is 0.594 bits per heavy atom. The van der Waals surface area contributed by atoms with E-state index >= 15 is 0 Å². The fourth-order valence-corrected chi connectivity index (χ4v) is 5.60. The van der Waals surface area contributed by atoms with Crippen LogP contribution >= 0.6 is 30.8 Å². The second kappa shape index (κ2) is 11.5. The van der Waals surface area contributed by atoms with Gasteiger partial charge < -0.3 is 47.9 Å². The van der Waals surface area contributed by atoms with Gasteiger partial charge in [-0.2, -0.15) is 0 Å². The predicted octanol–water partition coefficient (Wildman–Crippen LogP) is -1.10. The van der Waals surface area contributed by atoms with E-state index in [1.54, 1.807) is 0 Å². The third-order valence-electron chi connectivity index (χ3n) is 3.81. The maximum atomic E-state index is 12.0. The lowest BCUT2D eigenvalue weighted by atomic mass is 9.84. The summed E-state index contributed by atoms with van der Waals surface area (Å²) in [6.45, 7) is 3.72. The zero-order valence-electron chi connectivity index (χ0n) is 17.4. The second-order valence-corrected chi connectivity index (χ2v) is 12.6. The van der Waals surface area contributed by atoms with Crippen molar-refractivity contribution in [2.24, 2.45) is 0 Å². The van der Waals surface area contributed by atoms with Gasteiger partial charge in [0.15, 0.2) is 0 Å². The molecule has 1 fully saturated rings. The van der Waals surface area contributed by atoms with Gasteiger partial charge in [-0.25, -0.2) is 0 Å². The first-order valence-electron chi connectivity index (χ1n) is 8.93. The van der Waals surface area contributed by atoms with Crippen LogP contribution in [0.15, 0.2) is 0 Å². The minimum absolute atomic E-state index is 0.256. The summed E-state index contributed by atoms with van der Waals surface area (Å²) in [5, 5.41) is 0. The Labute approximate surface area is 183 Å². The minimum Gasteiger partial charge on any atom is -0.756 e. The lowest BCUT2D eigenvalue weighted by Crippen LogP contribution is -2.67. The summed E-state index contributed by atoms with van der Waals surface area (Å²) >= 11 is 0. The highest BCUT2D eigenvalue weighted by Crippen LogP contribution is 2.52. The molecule has 20 heteroatoms. The van der Waals surface area contributed by atoms with Crippen LogP contribution in [0.2, 0.25) is 0 Å². The Bertz CT molecular complexity index is 669. The molecule has 192 valence electrons. The largest absolute Gasteiger partial charge is 0.756 e. The molecule has 0 spiro atoms. The van der Waals surface area contributed by atoms with Crippen LogP contribution in [-0.2, 0) is 45.8 Å². The molecule has 0 aromatic heterocycles. The van der Waals surface area contributed by atoms with Crippen molar-refractivity contribution in [1.29, 1.82) is 0 Å². The van der Waals surface area contributed by atoms with E-state index in [0.29, 0.717) is 0 Å². The molecule has 0 bridgehead atoms. The van der Waals surface area contributed by atoms with Gasteiger partial charge >= 0.3 is 15.2 Å². The van der Waals surface area contributed by atoms with Crippen LogP contribution in [0.25, 0.3) is 0 Å². The van der Waals surface area contributed by atoms with Crippen molar-refractivity contribution in [3.63, 3.8) is 0 Å². The normalized spacial score (nSPS) is 36.4. The summed E-state index contributed by atoms with van der Waals surface area (Å²) in [5.41, 5.74) is 0. The van der Waals surface area contributed by atoms with E-state index in [0.717, 1.165) is 13.3 Å². The summed E-state index contributed by atoms with van der Waals surface area (Å²) < 4.78 is 76.6. The summed E-state index contributed by atoms with van der Waals surface area (Å²) in [5.74, 6) is 0. The van der Waals surface area contributed by atoms with Crippen molar-refractivity contribution >= 4 is 30.8 Å². The van der Waals surface area contributed by atoms with Gasteiger partial charge in [0.2, 0.25) is 0 Å².